The minimum atomic E-state index is -4.37. The monoisotopic (exact) mass is 378 g/mol. The van der Waals surface area contributed by atoms with Crippen LogP contribution in [0.5, 0.6) is 0 Å². The molecule has 2 amide bonds. The Morgan fingerprint density at radius 2 is 1.79 bits per heavy atom. The fraction of sp³-hybridized carbons (Fsp3) is 0.133. The molecule has 2 aromatic rings. The van der Waals surface area contributed by atoms with Gasteiger partial charge >= 0.3 is 11.5 Å². The summed E-state index contributed by atoms with van der Waals surface area (Å²) < 4.78 is 50.2. The number of halogens is 5. The number of alkyl halides is 3. The zero-order valence-electron chi connectivity index (χ0n) is 12.0. The summed E-state index contributed by atoms with van der Waals surface area (Å²) in [6, 6.07) is 8.68. The molecule has 0 aromatic heterocycles. The first-order chi connectivity index (χ1) is 11.2. The van der Waals surface area contributed by atoms with Crippen molar-refractivity contribution in [2.75, 3.05) is 5.32 Å². The highest BCUT2D eigenvalue weighted by molar-refractivity contribution is 8.00. The number of anilines is 1. The fourth-order valence-corrected chi connectivity index (χ4v) is 2.55. The van der Waals surface area contributed by atoms with E-state index < -0.39 is 17.4 Å². The predicted molar refractivity (Wildman–Crippen MR) is 85.6 cm³/mol. The molecule has 9 heteroatoms. The average molecular weight is 379 g/mol. The highest BCUT2D eigenvalue weighted by Gasteiger charge is 2.29. The second-order valence-electron chi connectivity index (χ2n) is 4.58. The van der Waals surface area contributed by atoms with Crippen molar-refractivity contribution in [1.29, 1.82) is 0 Å². The normalized spacial score (nSPS) is 11.2. The lowest BCUT2D eigenvalue weighted by molar-refractivity contribution is -0.0328. The van der Waals surface area contributed by atoms with Crippen LogP contribution in [0.2, 0.25) is 5.02 Å². The van der Waals surface area contributed by atoms with Gasteiger partial charge in [-0.3, -0.25) is 0 Å². The Hall–Kier alpha value is -1.93. The molecule has 3 nitrogen and oxygen atoms in total. The van der Waals surface area contributed by atoms with E-state index in [-0.39, 0.29) is 33.8 Å². The van der Waals surface area contributed by atoms with Crippen molar-refractivity contribution in [3.8, 4) is 0 Å². The SMILES string of the molecule is O=C(NCc1c(F)cccc1Cl)Nc1ccc(SC(F)(F)F)cc1. The van der Waals surface area contributed by atoms with Gasteiger partial charge in [-0.25, -0.2) is 9.18 Å². The van der Waals surface area contributed by atoms with E-state index in [1.54, 1.807) is 0 Å². The molecule has 0 spiro atoms. The summed E-state index contributed by atoms with van der Waals surface area (Å²) in [6.45, 7) is -0.126. The zero-order chi connectivity index (χ0) is 17.7. The van der Waals surface area contributed by atoms with Crippen molar-refractivity contribution in [2.24, 2.45) is 0 Å². The van der Waals surface area contributed by atoms with Crippen LogP contribution in [0.15, 0.2) is 47.4 Å². The van der Waals surface area contributed by atoms with Gasteiger partial charge in [0.25, 0.3) is 0 Å². The first-order valence-electron chi connectivity index (χ1n) is 6.58. The largest absolute Gasteiger partial charge is 0.446 e. The third kappa shape index (κ3) is 5.61. The molecule has 0 fully saturated rings. The van der Waals surface area contributed by atoms with Crippen molar-refractivity contribution in [2.45, 2.75) is 16.9 Å². The first-order valence-corrected chi connectivity index (χ1v) is 7.77. The lowest BCUT2D eigenvalue weighted by Gasteiger charge is -2.10. The summed E-state index contributed by atoms with van der Waals surface area (Å²) in [5.41, 5.74) is -3.92. The van der Waals surface area contributed by atoms with Gasteiger partial charge in [-0.15, -0.1) is 0 Å². The minimum absolute atomic E-state index is 0.00611. The van der Waals surface area contributed by atoms with Gasteiger partial charge in [-0.05, 0) is 48.2 Å². The molecule has 0 unspecified atom stereocenters. The summed E-state index contributed by atoms with van der Waals surface area (Å²) in [4.78, 5) is 11.8. The number of amides is 2. The molecular formula is C15H11ClF4N2OS. The molecule has 0 saturated heterocycles. The van der Waals surface area contributed by atoms with E-state index >= 15 is 0 Å². The molecule has 0 heterocycles. The standard InChI is InChI=1S/C15H11ClF4N2OS/c16-12-2-1-3-13(17)11(12)8-21-14(23)22-9-4-6-10(7-5-9)24-15(18,19)20/h1-7H,8H2,(H2,21,22,23). The summed E-state index contributed by atoms with van der Waals surface area (Å²) in [7, 11) is 0. The number of carbonyl (C=O) groups excluding carboxylic acids is 1. The molecule has 2 rings (SSSR count). The van der Waals surface area contributed by atoms with Crippen LogP contribution in [0.1, 0.15) is 5.56 Å². The highest BCUT2D eigenvalue weighted by atomic mass is 35.5. The van der Waals surface area contributed by atoms with Gasteiger partial charge < -0.3 is 10.6 Å². The van der Waals surface area contributed by atoms with Gasteiger partial charge in [0.1, 0.15) is 5.82 Å². The average Bonchev–Trinajstić information content (AvgIpc) is 2.47. The van der Waals surface area contributed by atoms with Crippen LogP contribution in [0, 0.1) is 5.82 Å². The Bertz CT molecular complexity index is 702. The van der Waals surface area contributed by atoms with Crippen LogP contribution in [-0.2, 0) is 6.54 Å². The number of benzene rings is 2. The van der Waals surface area contributed by atoms with Gasteiger partial charge in [0.15, 0.2) is 0 Å². The Morgan fingerprint density at radius 3 is 2.38 bits per heavy atom. The smallest absolute Gasteiger partial charge is 0.334 e. The number of thioether (sulfide) groups is 1. The molecule has 0 aliphatic rings. The molecule has 0 atom stereocenters. The van der Waals surface area contributed by atoms with Crippen LogP contribution < -0.4 is 10.6 Å². The molecule has 0 bridgehead atoms. The second kappa shape index (κ2) is 7.76. The van der Waals surface area contributed by atoms with E-state index in [1.807, 2.05) is 0 Å². The minimum Gasteiger partial charge on any atom is -0.334 e. The van der Waals surface area contributed by atoms with Crippen molar-refractivity contribution in [1.82, 2.24) is 5.32 Å². The molecule has 24 heavy (non-hydrogen) atoms. The van der Waals surface area contributed by atoms with Crippen LogP contribution in [0.25, 0.3) is 0 Å². The summed E-state index contributed by atoms with van der Waals surface area (Å²) in [5.74, 6) is -0.545. The molecule has 128 valence electrons. The maximum absolute atomic E-state index is 13.6. The Kier molecular flexibility index (Phi) is 5.95. The van der Waals surface area contributed by atoms with Gasteiger partial charge in [-0.1, -0.05) is 17.7 Å². The molecule has 0 aliphatic heterocycles. The van der Waals surface area contributed by atoms with Gasteiger partial charge in [0, 0.05) is 27.7 Å². The first kappa shape index (κ1) is 18.4. The molecule has 0 radical (unpaired) electrons. The third-order valence-electron chi connectivity index (χ3n) is 2.83. The third-order valence-corrected chi connectivity index (χ3v) is 3.93. The maximum Gasteiger partial charge on any atom is 0.446 e. The van der Waals surface area contributed by atoms with E-state index in [0.717, 1.165) is 0 Å². The second-order valence-corrected chi connectivity index (χ2v) is 6.13. The lowest BCUT2D eigenvalue weighted by atomic mass is 10.2. The van der Waals surface area contributed by atoms with Crippen molar-refractivity contribution < 1.29 is 22.4 Å². The van der Waals surface area contributed by atoms with Gasteiger partial charge in [0.05, 0.1) is 0 Å². The van der Waals surface area contributed by atoms with Crippen molar-refractivity contribution >= 4 is 35.1 Å². The summed E-state index contributed by atoms with van der Waals surface area (Å²) in [5, 5.41) is 5.04. The van der Waals surface area contributed by atoms with Crippen LogP contribution in [0.4, 0.5) is 28.0 Å². The number of rotatable bonds is 4. The molecule has 0 saturated carbocycles. The number of hydrogen-bond donors (Lipinski definition) is 2. The zero-order valence-corrected chi connectivity index (χ0v) is 13.5. The lowest BCUT2D eigenvalue weighted by Crippen LogP contribution is -2.28. The summed E-state index contributed by atoms with van der Waals surface area (Å²) in [6.07, 6.45) is 0. The predicted octanol–water partition coefficient (Wildman–Crippen LogP) is 5.41. The van der Waals surface area contributed by atoms with Crippen LogP contribution >= 0.6 is 23.4 Å². The Balaban J connectivity index is 1.91. The van der Waals surface area contributed by atoms with E-state index in [4.69, 9.17) is 11.6 Å². The molecule has 2 N–H and O–H groups in total. The number of hydrogen-bond acceptors (Lipinski definition) is 2. The number of nitrogens with one attached hydrogen (secondary N) is 2. The van der Waals surface area contributed by atoms with E-state index in [1.165, 1.54) is 42.5 Å². The summed E-state index contributed by atoms with van der Waals surface area (Å²) >= 11 is 5.59. The molecule has 0 aliphatic carbocycles. The quantitative estimate of drug-likeness (QED) is 0.551. The fourth-order valence-electron chi connectivity index (χ4n) is 1.79. The molecule has 2 aromatic carbocycles. The van der Waals surface area contributed by atoms with Gasteiger partial charge in [0.2, 0.25) is 0 Å². The topological polar surface area (TPSA) is 41.1 Å². The Morgan fingerprint density at radius 1 is 1.12 bits per heavy atom. The number of carbonyl (C=O) groups is 1. The Labute approximate surface area is 144 Å². The van der Waals surface area contributed by atoms with Crippen molar-refractivity contribution in [3.05, 3.63) is 58.9 Å². The van der Waals surface area contributed by atoms with Crippen LogP contribution in [-0.4, -0.2) is 11.5 Å². The van der Waals surface area contributed by atoms with Crippen molar-refractivity contribution in [3.63, 3.8) is 0 Å². The number of urea groups is 1. The van der Waals surface area contributed by atoms with E-state index in [0.29, 0.717) is 5.69 Å². The van der Waals surface area contributed by atoms with Gasteiger partial charge in [-0.2, -0.15) is 13.2 Å². The van der Waals surface area contributed by atoms with E-state index in [2.05, 4.69) is 10.6 Å². The van der Waals surface area contributed by atoms with Crippen LogP contribution in [0.3, 0.4) is 0 Å². The van der Waals surface area contributed by atoms with E-state index in [9.17, 15) is 22.4 Å². The highest BCUT2D eigenvalue weighted by Crippen LogP contribution is 2.37. The maximum atomic E-state index is 13.6. The molecular weight excluding hydrogens is 368 g/mol.